The van der Waals surface area contributed by atoms with E-state index in [0.717, 1.165) is 0 Å². The highest BCUT2D eigenvalue weighted by Gasteiger charge is 2.44. The molecular weight excluding hydrogens is 423 g/mol. The van der Waals surface area contributed by atoms with E-state index in [9.17, 15) is 18.7 Å². The molecule has 1 aromatic carbocycles. The molecule has 1 unspecified atom stereocenters. The van der Waals surface area contributed by atoms with Crippen molar-refractivity contribution in [2.75, 3.05) is 6.61 Å². The maximum Gasteiger partial charge on any atom is 0.289 e. The van der Waals surface area contributed by atoms with Gasteiger partial charge in [-0.2, -0.15) is 13.9 Å². The maximum atomic E-state index is 15.0. The average Bonchev–Trinajstić information content (AvgIpc) is 2.97. The third-order valence-corrected chi connectivity index (χ3v) is 6.55. The van der Waals surface area contributed by atoms with Crippen molar-refractivity contribution in [1.82, 2.24) is 14.7 Å². The number of carbonyl (C=O) groups excluding carboxylic acids is 1. The van der Waals surface area contributed by atoms with E-state index >= 15 is 0 Å². The van der Waals surface area contributed by atoms with Crippen LogP contribution >= 0.6 is 23.2 Å². The molecule has 1 N–H and O–H groups in total. The number of amides is 1. The fraction of sp³-hybridized carbons (Fsp3) is 0.500. The van der Waals surface area contributed by atoms with Crippen molar-refractivity contribution in [3.8, 4) is 0 Å². The number of nitrogens with zero attached hydrogens (tertiary/aromatic N) is 3. The Morgan fingerprint density at radius 1 is 1.34 bits per heavy atom. The lowest BCUT2D eigenvalue weighted by Gasteiger charge is -2.34. The fourth-order valence-electron chi connectivity index (χ4n) is 4.19. The number of halogens is 4. The van der Waals surface area contributed by atoms with Gasteiger partial charge in [0.1, 0.15) is 5.69 Å². The maximum absolute atomic E-state index is 15.0. The normalized spacial score (nSPS) is 23.3. The van der Waals surface area contributed by atoms with E-state index in [1.165, 1.54) is 10.7 Å². The lowest BCUT2D eigenvalue weighted by molar-refractivity contribution is -0.0229. The Hall–Kier alpha value is -1.70. The van der Waals surface area contributed by atoms with Gasteiger partial charge < -0.3 is 10.0 Å². The van der Waals surface area contributed by atoms with Gasteiger partial charge in [-0.05, 0) is 31.5 Å². The molecule has 0 bridgehead atoms. The Balaban J connectivity index is 1.71. The zero-order chi connectivity index (χ0) is 20.9. The molecule has 2 aliphatic heterocycles. The van der Waals surface area contributed by atoms with Crippen LogP contribution in [0.1, 0.15) is 47.1 Å². The smallest absolute Gasteiger partial charge is 0.289 e. The first kappa shape index (κ1) is 20.6. The predicted molar refractivity (Wildman–Crippen MR) is 105 cm³/mol. The monoisotopic (exact) mass is 443 g/mol. The van der Waals surface area contributed by atoms with Crippen LogP contribution < -0.4 is 0 Å². The Labute approximate surface area is 177 Å². The van der Waals surface area contributed by atoms with Gasteiger partial charge in [-0.25, -0.2) is 0 Å². The molecule has 29 heavy (non-hydrogen) atoms. The second-order valence-electron chi connectivity index (χ2n) is 7.86. The van der Waals surface area contributed by atoms with Crippen molar-refractivity contribution >= 4 is 29.1 Å². The summed E-state index contributed by atoms with van der Waals surface area (Å²) in [6.07, 6.45) is 0.277. The molecule has 2 aliphatic rings. The molecule has 5 nitrogen and oxygen atoms in total. The molecule has 0 aliphatic carbocycles. The molecule has 2 atom stereocenters. The molecule has 156 valence electrons. The number of hydrogen-bond donors (Lipinski definition) is 1. The van der Waals surface area contributed by atoms with E-state index < -0.39 is 5.92 Å². The molecule has 0 radical (unpaired) electrons. The van der Waals surface area contributed by atoms with Crippen molar-refractivity contribution < 1.29 is 18.7 Å². The van der Waals surface area contributed by atoms with Crippen LogP contribution in [0.5, 0.6) is 0 Å². The van der Waals surface area contributed by atoms with Crippen LogP contribution in [-0.4, -0.2) is 38.3 Å². The van der Waals surface area contributed by atoms with Crippen LogP contribution in [0.4, 0.5) is 8.78 Å². The molecule has 0 fully saturated rings. The standard InChI is InChI=1S/C20H21Cl2F2N3O2/c1-11-6-17-14(9-26(11)19(29)13-2-3-15(21)16(22)7-13)18-20(23,24)5-4-12(10-28)8-27(18)25-17/h2-3,7,11-12,28H,4-6,8-10H2,1H3/t11-,12?/m1/s1. The van der Waals surface area contributed by atoms with E-state index in [4.69, 9.17) is 23.2 Å². The lowest BCUT2D eigenvalue weighted by atomic mass is 9.95. The third-order valence-electron chi connectivity index (χ3n) is 5.81. The molecule has 0 spiro atoms. The molecule has 0 saturated carbocycles. The number of carbonyl (C=O) groups is 1. The summed E-state index contributed by atoms with van der Waals surface area (Å²) in [5.41, 5.74) is 1.26. The number of aliphatic hydroxyl groups excluding tert-OH is 1. The molecule has 4 rings (SSSR count). The minimum Gasteiger partial charge on any atom is -0.396 e. The summed E-state index contributed by atoms with van der Waals surface area (Å²) in [7, 11) is 0. The minimum absolute atomic E-state index is 0.0598. The number of rotatable bonds is 2. The summed E-state index contributed by atoms with van der Waals surface area (Å²) in [6, 6.07) is 4.42. The van der Waals surface area contributed by atoms with E-state index in [-0.39, 0.29) is 61.1 Å². The molecular formula is C20H21Cl2F2N3O2. The average molecular weight is 444 g/mol. The fourth-order valence-corrected chi connectivity index (χ4v) is 4.49. The van der Waals surface area contributed by atoms with Crippen LogP contribution in [0, 0.1) is 5.92 Å². The highest BCUT2D eigenvalue weighted by atomic mass is 35.5. The van der Waals surface area contributed by atoms with Crippen LogP contribution in [0.3, 0.4) is 0 Å². The summed E-state index contributed by atoms with van der Waals surface area (Å²) in [6.45, 7) is 2.03. The van der Waals surface area contributed by atoms with Gasteiger partial charge in [0.25, 0.3) is 11.8 Å². The van der Waals surface area contributed by atoms with Crippen LogP contribution in [0.2, 0.25) is 10.0 Å². The van der Waals surface area contributed by atoms with E-state index in [2.05, 4.69) is 5.10 Å². The summed E-state index contributed by atoms with van der Waals surface area (Å²) in [5, 5.41) is 14.5. The van der Waals surface area contributed by atoms with Crippen molar-refractivity contribution in [3.63, 3.8) is 0 Å². The molecule has 9 heteroatoms. The minimum atomic E-state index is -3.05. The summed E-state index contributed by atoms with van der Waals surface area (Å²) in [4.78, 5) is 14.7. The Morgan fingerprint density at radius 3 is 2.79 bits per heavy atom. The van der Waals surface area contributed by atoms with Gasteiger partial charge in [0.15, 0.2) is 0 Å². The summed E-state index contributed by atoms with van der Waals surface area (Å²) >= 11 is 12.0. The van der Waals surface area contributed by atoms with E-state index in [0.29, 0.717) is 28.3 Å². The predicted octanol–water partition coefficient (Wildman–Crippen LogP) is 4.27. The van der Waals surface area contributed by atoms with Crippen molar-refractivity contribution in [1.29, 1.82) is 0 Å². The number of alkyl halides is 2. The van der Waals surface area contributed by atoms with Crippen LogP contribution in [-0.2, 0) is 25.4 Å². The highest BCUT2D eigenvalue weighted by molar-refractivity contribution is 6.42. The van der Waals surface area contributed by atoms with Crippen molar-refractivity contribution in [2.24, 2.45) is 5.92 Å². The Kier molecular flexibility index (Phi) is 5.34. The lowest BCUT2D eigenvalue weighted by Crippen LogP contribution is -2.43. The third kappa shape index (κ3) is 3.64. The van der Waals surface area contributed by atoms with Gasteiger partial charge in [-0.15, -0.1) is 0 Å². The topological polar surface area (TPSA) is 58.4 Å². The van der Waals surface area contributed by atoms with Crippen molar-refractivity contribution in [2.45, 2.75) is 51.2 Å². The SMILES string of the molecule is C[C@@H]1Cc2nn3c(c2CN1C(=O)c1ccc(Cl)c(Cl)c1)C(F)(F)CCC(CO)C3. The highest BCUT2D eigenvalue weighted by Crippen LogP contribution is 2.42. The largest absolute Gasteiger partial charge is 0.396 e. The van der Waals surface area contributed by atoms with Crippen molar-refractivity contribution in [3.05, 3.63) is 50.8 Å². The molecule has 3 heterocycles. The second-order valence-corrected chi connectivity index (χ2v) is 8.68. The van der Waals surface area contributed by atoms with Gasteiger partial charge in [0, 0.05) is 49.1 Å². The number of fused-ring (bicyclic) bond motifs is 3. The molecule has 0 saturated heterocycles. The van der Waals surface area contributed by atoms with Gasteiger partial charge in [-0.3, -0.25) is 9.48 Å². The number of benzene rings is 1. The number of aromatic nitrogens is 2. The zero-order valence-corrected chi connectivity index (χ0v) is 17.4. The van der Waals surface area contributed by atoms with Gasteiger partial charge in [0.2, 0.25) is 0 Å². The molecule has 1 amide bonds. The first-order valence-corrected chi connectivity index (χ1v) is 10.3. The van der Waals surface area contributed by atoms with Gasteiger partial charge >= 0.3 is 0 Å². The molecule has 1 aromatic heterocycles. The Bertz CT molecular complexity index is 963. The van der Waals surface area contributed by atoms with Crippen LogP contribution in [0.15, 0.2) is 18.2 Å². The zero-order valence-electron chi connectivity index (χ0n) is 15.8. The summed E-state index contributed by atoms with van der Waals surface area (Å²) in [5.74, 6) is -3.59. The van der Waals surface area contributed by atoms with Gasteiger partial charge in [-0.1, -0.05) is 23.2 Å². The van der Waals surface area contributed by atoms with E-state index in [1.807, 2.05) is 6.92 Å². The van der Waals surface area contributed by atoms with Gasteiger partial charge in [0.05, 0.1) is 22.3 Å². The van der Waals surface area contributed by atoms with E-state index in [1.54, 1.807) is 17.0 Å². The first-order chi connectivity index (χ1) is 13.7. The quantitative estimate of drug-likeness (QED) is 0.753. The number of aliphatic hydroxyl groups is 1. The first-order valence-electron chi connectivity index (χ1n) is 9.55. The Morgan fingerprint density at radius 2 is 2.10 bits per heavy atom. The second kappa shape index (κ2) is 7.52. The molecule has 2 aromatic rings. The number of hydrogen-bond acceptors (Lipinski definition) is 3. The summed E-state index contributed by atoms with van der Waals surface area (Å²) < 4.78 is 31.3. The van der Waals surface area contributed by atoms with Crippen LogP contribution in [0.25, 0.3) is 0 Å².